The Morgan fingerprint density at radius 3 is 2.28 bits per heavy atom. The zero-order valence-corrected chi connectivity index (χ0v) is 12.3. The molecule has 1 atom stereocenters. The van der Waals surface area contributed by atoms with Crippen LogP contribution in [0.2, 0.25) is 0 Å². The lowest BCUT2D eigenvalue weighted by Crippen LogP contribution is -2.28. The van der Waals surface area contributed by atoms with E-state index in [2.05, 4.69) is 76.5 Å². The predicted molar refractivity (Wildman–Crippen MR) is 84.0 cm³/mol. The number of hydrogen-bond acceptors (Lipinski definition) is 2. The Kier molecular flexibility index (Phi) is 5.16. The number of hydrazine groups is 1. The second-order valence-electron chi connectivity index (χ2n) is 4.30. The van der Waals surface area contributed by atoms with Crippen LogP contribution in [0.15, 0.2) is 54.6 Å². The maximum atomic E-state index is 5.66. The van der Waals surface area contributed by atoms with E-state index in [9.17, 15) is 0 Å². The third-order valence-corrected chi connectivity index (χ3v) is 3.76. The van der Waals surface area contributed by atoms with Crippen molar-refractivity contribution in [2.75, 3.05) is 0 Å². The molecule has 0 amide bonds. The van der Waals surface area contributed by atoms with Gasteiger partial charge in [0.1, 0.15) is 0 Å². The number of aryl methyl sites for hydroxylation is 1. The van der Waals surface area contributed by atoms with Crippen LogP contribution in [-0.2, 0) is 6.42 Å². The molecule has 2 aromatic carbocycles. The summed E-state index contributed by atoms with van der Waals surface area (Å²) < 4.78 is 1.25. The molecule has 94 valence electrons. The summed E-state index contributed by atoms with van der Waals surface area (Å²) in [5.41, 5.74) is 5.50. The van der Waals surface area contributed by atoms with Crippen LogP contribution in [0.3, 0.4) is 0 Å². The first-order valence-corrected chi connectivity index (χ1v) is 7.13. The number of halogens is 1. The van der Waals surface area contributed by atoms with Crippen LogP contribution in [0.1, 0.15) is 23.6 Å². The quantitative estimate of drug-likeness (QED) is 0.492. The van der Waals surface area contributed by atoms with Gasteiger partial charge >= 0.3 is 0 Å². The Morgan fingerprint density at radius 1 is 1.00 bits per heavy atom. The first-order valence-electron chi connectivity index (χ1n) is 6.05. The standard InChI is InChI=1S/C15H17IN2/c16-14-9-7-13(8-10-14)15(18-17)11-6-12-4-2-1-3-5-12/h1-5,7-10,15,18H,6,11,17H2. The topological polar surface area (TPSA) is 38.0 Å². The van der Waals surface area contributed by atoms with Crippen LogP contribution in [0.4, 0.5) is 0 Å². The molecular formula is C15H17IN2. The van der Waals surface area contributed by atoms with Gasteiger partial charge in [-0.15, -0.1) is 0 Å². The van der Waals surface area contributed by atoms with Crippen molar-refractivity contribution in [3.63, 3.8) is 0 Å². The van der Waals surface area contributed by atoms with Crippen molar-refractivity contribution in [2.24, 2.45) is 5.84 Å². The van der Waals surface area contributed by atoms with Crippen molar-refractivity contribution in [3.05, 3.63) is 69.3 Å². The molecule has 0 aliphatic heterocycles. The summed E-state index contributed by atoms with van der Waals surface area (Å²) in [4.78, 5) is 0. The van der Waals surface area contributed by atoms with Crippen LogP contribution in [0, 0.1) is 3.57 Å². The van der Waals surface area contributed by atoms with Gasteiger partial charge in [0, 0.05) is 9.61 Å². The monoisotopic (exact) mass is 352 g/mol. The van der Waals surface area contributed by atoms with Crippen LogP contribution < -0.4 is 11.3 Å². The third kappa shape index (κ3) is 3.80. The van der Waals surface area contributed by atoms with Crippen molar-refractivity contribution in [1.82, 2.24) is 5.43 Å². The Morgan fingerprint density at radius 2 is 1.67 bits per heavy atom. The molecule has 18 heavy (non-hydrogen) atoms. The van der Waals surface area contributed by atoms with Crippen molar-refractivity contribution >= 4 is 22.6 Å². The van der Waals surface area contributed by atoms with E-state index in [-0.39, 0.29) is 6.04 Å². The molecule has 1 unspecified atom stereocenters. The average molecular weight is 352 g/mol. The molecule has 0 saturated carbocycles. The fourth-order valence-corrected chi connectivity index (χ4v) is 2.36. The molecule has 0 saturated heterocycles. The lowest BCUT2D eigenvalue weighted by atomic mass is 10.00. The van der Waals surface area contributed by atoms with Gasteiger partial charge < -0.3 is 0 Å². The Bertz CT molecular complexity index is 468. The van der Waals surface area contributed by atoms with E-state index >= 15 is 0 Å². The lowest BCUT2D eigenvalue weighted by Gasteiger charge is -2.16. The number of benzene rings is 2. The van der Waals surface area contributed by atoms with E-state index in [4.69, 9.17) is 5.84 Å². The van der Waals surface area contributed by atoms with Gasteiger partial charge in [-0.25, -0.2) is 0 Å². The van der Waals surface area contributed by atoms with Crippen LogP contribution in [0.25, 0.3) is 0 Å². The molecule has 0 aliphatic carbocycles. The summed E-state index contributed by atoms with van der Waals surface area (Å²) in [6.45, 7) is 0. The first-order chi connectivity index (χ1) is 8.79. The van der Waals surface area contributed by atoms with E-state index in [1.165, 1.54) is 14.7 Å². The Labute approximate surface area is 122 Å². The minimum Gasteiger partial charge on any atom is -0.271 e. The minimum atomic E-state index is 0.210. The lowest BCUT2D eigenvalue weighted by molar-refractivity contribution is 0.516. The number of rotatable bonds is 5. The average Bonchev–Trinajstić information content (AvgIpc) is 2.42. The smallest absolute Gasteiger partial charge is 0.0463 e. The number of hydrogen-bond donors (Lipinski definition) is 2. The molecule has 2 nitrogen and oxygen atoms in total. The fourth-order valence-electron chi connectivity index (χ4n) is 2.00. The Hall–Kier alpha value is -0.910. The van der Waals surface area contributed by atoms with Crippen molar-refractivity contribution in [2.45, 2.75) is 18.9 Å². The highest BCUT2D eigenvalue weighted by atomic mass is 127. The highest BCUT2D eigenvalue weighted by Gasteiger charge is 2.09. The molecule has 3 N–H and O–H groups in total. The van der Waals surface area contributed by atoms with Gasteiger partial charge in [-0.05, 0) is 58.7 Å². The van der Waals surface area contributed by atoms with Gasteiger partial charge in [-0.1, -0.05) is 42.5 Å². The zero-order valence-electron chi connectivity index (χ0n) is 10.1. The normalized spacial score (nSPS) is 12.3. The molecule has 0 aliphatic rings. The molecule has 0 aromatic heterocycles. The van der Waals surface area contributed by atoms with E-state index in [0.29, 0.717) is 0 Å². The van der Waals surface area contributed by atoms with Gasteiger partial charge in [0.25, 0.3) is 0 Å². The van der Waals surface area contributed by atoms with Gasteiger partial charge in [-0.2, -0.15) is 0 Å². The van der Waals surface area contributed by atoms with Crippen molar-refractivity contribution in [3.8, 4) is 0 Å². The molecular weight excluding hydrogens is 335 g/mol. The summed E-state index contributed by atoms with van der Waals surface area (Å²) in [5, 5.41) is 0. The van der Waals surface area contributed by atoms with Crippen LogP contribution in [0.5, 0.6) is 0 Å². The zero-order chi connectivity index (χ0) is 12.8. The summed E-state index contributed by atoms with van der Waals surface area (Å²) in [5.74, 6) is 5.66. The largest absolute Gasteiger partial charge is 0.271 e. The van der Waals surface area contributed by atoms with E-state index in [0.717, 1.165) is 12.8 Å². The second-order valence-corrected chi connectivity index (χ2v) is 5.54. The van der Waals surface area contributed by atoms with Crippen LogP contribution in [-0.4, -0.2) is 0 Å². The molecule has 2 aromatic rings. The van der Waals surface area contributed by atoms with Gasteiger partial charge in [0.05, 0.1) is 0 Å². The molecule has 3 heteroatoms. The van der Waals surface area contributed by atoms with Gasteiger partial charge in [0.2, 0.25) is 0 Å². The summed E-state index contributed by atoms with van der Waals surface area (Å²) in [6.07, 6.45) is 2.03. The second kappa shape index (κ2) is 6.87. The highest BCUT2D eigenvalue weighted by molar-refractivity contribution is 14.1. The van der Waals surface area contributed by atoms with Crippen molar-refractivity contribution in [1.29, 1.82) is 0 Å². The Balaban J connectivity index is 1.99. The minimum absolute atomic E-state index is 0.210. The van der Waals surface area contributed by atoms with E-state index in [1.807, 2.05) is 6.07 Å². The third-order valence-electron chi connectivity index (χ3n) is 3.04. The summed E-state index contributed by atoms with van der Waals surface area (Å²) in [6, 6.07) is 19.2. The number of nitrogens with one attached hydrogen (secondary N) is 1. The first kappa shape index (κ1) is 13.5. The highest BCUT2D eigenvalue weighted by Crippen LogP contribution is 2.19. The van der Waals surface area contributed by atoms with E-state index in [1.54, 1.807) is 0 Å². The maximum Gasteiger partial charge on any atom is 0.0463 e. The predicted octanol–water partition coefficient (Wildman–Crippen LogP) is 3.43. The fraction of sp³-hybridized carbons (Fsp3) is 0.200. The molecule has 0 heterocycles. The summed E-state index contributed by atoms with van der Waals surface area (Å²) >= 11 is 2.31. The van der Waals surface area contributed by atoms with Gasteiger partial charge in [-0.3, -0.25) is 11.3 Å². The molecule has 0 radical (unpaired) electrons. The molecule has 0 spiro atoms. The van der Waals surface area contributed by atoms with E-state index < -0.39 is 0 Å². The van der Waals surface area contributed by atoms with Crippen LogP contribution >= 0.6 is 22.6 Å². The summed E-state index contributed by atoms with van der Waals surface area (Å²) in [7, 11) is 0. The number of nitrogens with two attached hydrogens (primary N) is 1. The SMILES string of the molecule is NNC(CCc1ccccc1)c1ccc(I)cc1. The van der Waals surface area contributed by atoms with Crippen molar-refractivity contribution < 1.29 is 0 Å². The van der Waals surface area contributed by atoms with Gasteiger partial charge in [0.15, 0.2) is 0 Å². The molecule has 2 rings (SSSR count). The maximum absolute atomic E-state index is 5.66. The molecule has 0 bridgehead atoms. The molecule has 0 fully saturated rings.